The van der Waals surface area contributed by atoms with E-state index in [1.54, 1.807) is 19.2 Å². The van der Waals surface area contributed by atoms with E-state index in [0.717, 1.165) is 5.56 Å². The summed E-state index contributed by atoms with van der Waals surface area (Å²) >= 11 is 0. The van der Waals surface area contributed by atoms with Crippen molar-refractivity contribution in [2.24, 2.45) is 0 Å². The van der Waals surface area contributed by atoms with E-state index in [4.69, 9.17) is 4.52 Å². The Morgan fingerprint density at radius 2 is 2.05 bits per heavy atom. The molecule has 100 valence electrons. The number of aryl methyl sites for hydroxylation is 2. The summed E-state index contributed by atoms with van der Waals surface area (Å²) in [5.74, 6) is 0.986. The van der Waals surface area contributed by atoms with Gasteiger partial charge in [0.1, 0.15) is 11.4 Å². The van der Waals surface area contributed by atoms with E-state index in [-0.39, 0.29) is 11.8 Å². The van der Waals surface area contributed by atoms with E-state index in [2.05, 4.69) is 15.5 Å². The van der Waals surface area contributed by atoms with Crippen molar-refractivity contribution in [2.45, 2.75) is 33.6 Å². The molecule has 2 rings (SSSR count). The summed E-state index contributed by atoms with van der Waals surface area (Å²) in [5.41, 5.74) is 2.13. The van der Waals surface area contributed by atoms with Crippen LogP contribution in [0.25, 0.3) is 0 Å². The van der Waals surface area contributed by atoms with Gasteiger partial charge in [-0.2, -0.15) is 0 Å². The van der Waals surface area contributed by atoms with Crippen molar-refractivity contribution in [3.05, 3.63) is 40.9 Å². The average molecular weight is 259 g/mol. The number of carbonyl (C=O) groups is 1. The Hall–Kier alpha value is -2.17. The minimum atomic E-state index is -0.237. The number of anilines is 1. The topological polar surface area (TPSA) is 68.0 Å². The number of hydrogen-bond acceptors (Lipinski definition) is 4. The van der Waals surface area contributed by atoms with Crippen LogP contribution in [-0.4, -0.2) is 16.0 Å². The van der Waals surface area contributed by atoms with Crippen molar-refractivity contribution in [1.82, 2.24) is 10.1 Å². The van der Waals surface area contributed by atoms with Gasteiger partial charge < -0.3 is 9.84 Å². The minimum Gasteiger partial charge on any atom is -0.360 e. The van der Waals surface area contributed by atoms with Crippen LogP contribution >= 0.6 is 0 Å². The van der Waals surface area contributed by atoms with E-state index in [0.29, 0.717) is 22.8 Å². The molecule has 2 heterocycles. The first-order valence-corrected chi connectivity index (χ1v) is 6.19. The van der Waals surface area contributed by atoms with Crippen molar-refractivity contribution in [2.75, 3.05) is 5.32 Å². The SMILES string of the molecule is Cc1ccc(NC(=O)c2c(C)noc2C(C)C)nc1. The highest BCUT2D eigenvalue weighted by Crippen LogP contribution is 2.23. The van der Waals surface area contributed by atoms with Gasteiger partial charge >= 0.3 is 0 Å². The number of rotatable bonds is 3. The molecule has 1 amide bonds. The first-order chi connectivity index (χ1) is 8.99. The Morgan fingerprint density at radius 1 is 1.32 bits per heavy atom. The zero-order valence-electron chi connectivity index (χ0n) is 11.5. The summed E-state index contributed by atoms with van der Waals surface area (Å²) in [4.78, 5) is 16.4. The van der Waals surface area contributed by atoms with E-state index in [1.165, 1.54) is 0 Å². The third kappa shape index (κ3) is 2.81. The molecule has 0 fully saturated rings. The van der Waals surface area contributed by atoms with E-state index in [9.17, 15) is 4.79 Å². The van der Waals surface area contributed by atoms with Crippen LogP contribution in [-0.2, 0) is 0 Å². The molecule has 2 aromatic heterocycles. The average Bonchev–Trinajstić information content (AvgIpc) is 2.74. The summed E-state index contributed by atoms with van der Waals surface area (Å²) in [6.45, 7) is 7.62. The fourth-order valence-corrected chi connectivity index (χ4v) is 1.78. The summed E-state index contributed by atoms with van der Waals surface area (Å²) in [6, 6.07) is 3.66. The lowest BCUT2D eigenvalue weighted by Gasteiger charge is -2.06. The first-order valence-electron chi connectivity index (χ1n) is 6.19. The summed E-state index contributed by atoms with van der Waals surface area (Å²) < 4.78 is 5.20. The van der Waals surface area contributed by atoms with E-state index in [1.807, 2.05) is 26.8 Å². The molecule has 0 aliphatic rings. The smallest absolute Gasteiger partial charge is 0.262 e. The predicted octanol–water partition coefficient (Wildman–Crippen LogP) is 3.06. The van der Waals surface area contributed by atoms with Gasteiger partial charge in [0.15, 0.2) is 5.76 Å². The number of hydrogen-bond donors (Lipinski definition) is 1. The molecule has 0 aliphatic heterocycles. The van der Waals surface area contributed by atoms with Crippen molar-refractivity contribution in [1.29, 1.82) is 0 Å². The molecule has 0 aromatic carbocycles. The molecule has 1 N–H and O–H groups in total. The lowest BCUT2D eigenvalue weighted by atomic mass is 10.0. The molecule has 0 spiro atoms. The summed E-state index contributed by atoms with van der Waals surface area (Å²) in [7, 11) is 0. The van der Waals surface area contributed by atoms with Gasteiger partial charge in [-0.05, 0) is 25.5 Å². The van der Waals surface area contributed by atoms with Crippen molar-refractivity contribution in [3.63, 3.8) is 0 Å². The van der Waals surface area contributed by atoms with Crippen LogP contribution in [0.3, 0.4) is 0 Å². The quantitative estimate of drug-likeness (QED) is 0.919. The molecule has 5 heteroatoms. The largest absolute Gasteiger partial charge is 0.360 e. The van der Waals surface area contributed by atoms with Crippen LogP contribution in [0.15, 0.2) is 22.9 Å². The Labute approximate surface area is 112 Å². The zero-order valence-corrected chi connectivity index (χ0v) is 11.5. The number of amides is 1. The van der Waals surface area contributed by atoms with Gasteiger partial charge in [0.2, 0.25) is 0 Å². The second-order valence-electron chi connectivity index (χ2n) is 4.84. The lowest BCUT2D eigenvalue weighted by Crippen LogP contribution is -2.15. The van der Waals surface area contributed by atoms with Gasteiger partial charge in [0.05, 0.1) is 5.69 Å². The molecule has 0 saturated heterocycles. The van der Waals surface area contributed by atoms with E-state index < -0.39 is 0 Å². The van der Waals surface area contributed by atoms with Gasteiger partial charge in [-0.3, -0.25) is 4.79 Å². The maximum absolute atomic E-state index is 12.3. The zero-order chi connectivity index (χ0) is 14.0. The molecule has 0 atom stereocenters. The number of carbonyl (C=O) groups excluding carboxylic acids is 1. The molecule has 0 aliphatic carbocycles. The van der Waals surface area contributed by atoms with E-state index >= 15 is 0 Å². The van der Waals surface area contributed by atoms with Crippen LogP contribution in [0.5, 0.6) is 0 Å². The molecule has 5 nitrogen and oxygen atoms in total. The Balaban J connectivity index is 2.25. The predicted molar refractivity (Wildman–Crippen MR) is 72.3 cm³/mol. The van der Waals surface area contributed by atoms with Crippen molar-refractivity contribution >= 4 is 11.7 Å². The maximum Gasteiger partial charge on any atom is 0.262 e. The molecular formula is C14H17N3O2. The maximum atomic E-state index is 12.3. The standard InChI is InChI=1S/C14H17N3O2/c1-8(2)13-12(10(4)17-19-13)14(18)16-11-6-5-9(3)7-15-11/h5-8H,1-4H3,(H,15,16,18). The highest BCUT2D eigenvalue weighted by atomic mass is 16.5. The third-order valence-electron chi connectivity index (χ3n) is 2.79. The number of pyridine rings is 1. The van der Waals surface area contributed by atoms with Gasteiger partial charge in [-0.25, -0.2) is 4.98 Å². The van der Waals surface area contributed by atoms with Crippen LogP contribution in [0.1, 0.15) is 47.1 Å². The molecule has 2 aromatic rings. The normalized spacial score (nSPS) is 10.8. The van der Waals surface area contributed by atoms with Gasteiger partial charge in [-0.15, -0.1) is 0 Å². The highest BCUT2D eigenvalue weighted by molar-refractivity contribution is 6.05. The van der Waals surface area contributed by atoms with Crippen LogP contribution in [0.4, 0.5) is 5.82 Å². The number of nitrogens with zero attached hydrogens (tertiary/aromatic N) is 2. The Bertz CT molecular complexity index is 585. The number of aromatic nitrogens is 2. The molecule has 19 heavy (non-hydrogen) atoms. The molecular weight excluding hydrogens is 242 g/mol. The molecule has 0 radical (unpaired) electrons. The first kappa shape index (κ1) is 13.3. The lowest BCUT2D eigenvalue weighted by molar-refractivity contribution is 0.102. The molecule has 0 bridgehead atoms. The number of nitrogens with one attached hydrogen (secondary N) is 1. The van der Waals surface area contributed by atoms with Gasteiger partial charge in [0.25, 0.3) is 5.91 Å². The van der Waals surface area contributed by atoms with Crippen LogP contribution in [0, 0.1) is 13.8 Å². The third-order valence-corrected chi connectivity index (χ3v) is 2.79. The van der Waals surface area contributed by atoms with Gasteiger partial charge in [0, 0.05) is 12.1 Å². The van der Waals surface area contributed by atoms with Crippen LogP contribution < -0.4 is 5.32 Å². The van der Waals surface area contributed by atoms with Gasteiger partial charge in [-0.1, -0.05) is 25.1 Å². The highest BCUT2D eigenvalue weighted by Gasteiger charge is 2.22. The fourth-order valence-electron chi connectivity index (χ4n) is 1.78. The second-order valence-corrected chi connectivity index (χ2v) is 4.84. The molecule has 0 saturated carbocycles. The second kappa shape index (κ2) is 5.22. The minimum absolute atomic E-state index is 0.105. The Morgan fingerprint density at radius 3 is 2.63 bits per heavy atom. The summed E-state index contributed by atoms with van der Waals surface area (Å²) in [6.07, 6.45) is 1.71. The van der Waals surface area contributed by atoms with Crippen molar-refractivity contribution in [3.8, 4) is 0 Å². The summed E-state index contributed by atoms with van der Waals surface area (Å²) in [5, 5.41) is 6.62. The van der Waals surface area contributed by atoms with Crippen LogP contribution in [0.2, 0.25) is 0 Å². The van der Waals surface area contributed by atoms with Crippen molar-refractivity contribution < 1.29 is 9.32 Å². The monoisotopic (exact) mass is 259 g/mol. The molecule has 0 unspecified atom stereocenters. The Kier molecular flexibility index (Phi) is 3.64. The fraction of sp³-hybridized carbons (Fsp3) is 0.357.